The number of carbonyl (C=O) groups excluding carboxylic acids is 1. The summed E-state index contributed by atoms with van der Waals surface area (Å²) in [6, 6.07) is 10.6. The monoisotopic (exact) mass is 388 g/mol. The summed E-state index contributed by atoms with van der Waals surface area (Å²) in [5.41, 5.74) is 2.03. The molecular formula is C21H26F2N4O. The molecule has 1 amide bonds. The summed E-state index contributed by atoms with van der Waals surface area (Å²) in [5.74, 6) is -0.733. The van der Waals surface area contributed by atoms with Crippen LogP contribution in [0.3, 0.4) is 0 Å². The van der Waals surface area contributed by atoms with Gasteiger partial charge in [-0.25, -0.2) is 8.78 Å². The maximum atomic E-state index is 13.9. The van der Waals surface area contributed by atoms with E-state index < -0.39 is 11.6 Å². The highest BCUT2D eigenvalue weighted by molar-refractivity contribution is 5.94. The second kappa shape index (κ2) is 9.82. The Labute approximate surface area is 164 Å². The molecule has 0 aromatic heterocycles. The summed E-state index contributed by atoms with van der Waals surface area (Å²) in [6.07, 6.45) is 0.689. The van der Waals surface area contributed by atoms with Crippen LogP contribution in [0, 0.1) is 11.6 Å². The molecule has 0 bridgehead atoms. The molecule has 0 radical (unpaired) electrons. The van der Waals surface area contributed by atoms with Gasteiger partial charge in [-0.05, 0) is 37.1 Å². The number of benzene rings is 2. The molecule has 0 saturated heterocycles. The van der Waals surface area contributed by atoms with Crippen LogP contribution >= 0.6 is 0 Å². The van der Waals surface area contributed by atoms with Crippen LogP contribution in [-0.2, 0) is 6.42 Å². The minimum Gasteiger partial charge on any atom is -0.356 e. The third kappa shape index (κ3) is 5.77. The molecule has 2 N–H and O–H groups in total. The normalized spacial score (nSPS) is 12.4. The molecule has 0 aliphatic rings. The van der Waals surface area contributed by atoms with Crippen molar-refractivity contribution < 1.29 is 13.6 Å². The summed E-state index contributed by atoms with van der Waals surface area (Å²) in [4.78, 5) is 17.7. The van der Waals surface area contributed by atoms with Gasteiger partial charge in [0.2, 0.25) is 0 Å². The molecule has 5 nitrogen and oxygen atoms in total. The zero-order chi connectivity index (χ0) is 20.7. The first-order valence-electron chi connectivity index (χ1n) is 9.04. The molecule has 2 aromatic rings. The summed E-state index contributed by atoms with van der Waals surface area (Å²) in [6.45, 7) is 2.36. The van der Waals surface area contributed by atoms with E-state index in [0.29, 0.717) is 30.1 Å². The summed E-state index contributed by atoms with van der Waals surface area (Å²) >= 11 is 0. The van der Waals surface area contributed by atoms with Crippen molar-refractivity contribution in [1.82, 2.24) is 15.5 Å². The number of hydrogen-bond donors (Lipinski definition) is 2. The Balaban J connectivity index is 1.92. The van der Waals surface area contributed by atoms with Gasteiger partial charge in [-0.1, -0.05) is 18.2 Å². The van der Waals surface area contributed by atoms with E-state index in [-0.39, 0.29) is 11.9 Å². The van der Waals surface area contributed by atoms with Gasteiger partial charge in [0, 0.05) is 44.9 Å². The van der Waals surface area contributed by atoms with E-state index in [1.165, 1.54) is 12.1 Å². The first-order valence-corrected chi connectivity index (χ1v) is 9.04. The lowest BCUT2D eigenvalue weighted by Crippen LogP contribution is -2.39. The van der Waals surface area contributed by atoms with Crippen LogP contribution in [0.1, 0.15) is 34.5 Å². The van der Waals surface area contributed by atoms with Gasteiger partial charge in [-0.15, -0.1) is 0 Å². The van der Waals surface area contributed by atoms with Crippen molar-refractivity contribution in [1.29, 1.82) is 0 Å². The van der Waals surface area contributed by atoms with Crippen LogP contribution in [0.5, 0.6) is 0 Å². The average Bonchev–Trinajstić information content (AvgIpc) is 2.66. The Kier molecular flexibility index (Phi) is 7.49. The lowest BCUT2D eigenvalue weighted by atomic mass is 10.1. The van der Waals surface area contributed by atoms with Gasteiger partial charge in [-0.2, -0.15) is 0 Å². The average molecular weight is 388 g/mol. The van der Waals surface area contributed by atoms with Crippen molar-refractivity contribution >= 4 is 11.9 Å². The molecule has 1 unspecified atom stereocenters. The van der Waals surface area contributed by atoms with Crippen molar-refractivity contribution in [3.63, 3.8) is 0 Å². The van der Waals surface area contributed by atoms with Gasteiger partial charge in [0.05, 0.1) is 6.04 Å². The topological polar surface area (TPSA) is 56.7 Å². The lowest BCUT2D eigenvalue weighted by Gasteiger charge is -2.19. The maximum Gasteiger partial charge on any atom is 0.253 e. The van der Waals surface area contributed by atoms with Gasteiger partial charge in [0.15, 0.2) is 5.96 Å². The zero-order valence-corrected chi connectivity index (χ0v) is 16.6. The quantitative estimate of drug-likeness (QED) is 0.591. The Morgan fingerprint density at radius 3 is 2.57 bits per heavy atom. The molecule has 28 heavy (non-hydrogen) atoms. The molecule has 7 heteroatoms. The predicted molar refractivity (Wildman–Crippen MR) is 107 cm³/mol. The van der Waals surface area contributed by atoms with E-state index in [1.54, 1.807) is 39.0 Å². The maximum absolute atomic E-state index is 13.9. The number of halogens is 2. The van der Waals surface area contributed by atoms with Crippen molar-refractivity contribution in [2.45, 2.75) is 19.4 Å². The zero-order valence-electron chi connectivity index (χ0n) is 16.6. The highest BCUT2D eigenvalue weighted by atomic mass is 19.1. The second-order valence-corrected chi connectivity index (χ2v) is 6.68. The number of hydrogen-bond acceptors (Lipinski definition) is 2. The molecule has 0 spiro atoms. The van der Waals surface area contributed by atoms with E-state index in [9.17, 15) is 13.6 Å². The Morgan fingerprint density at radius 1 is 1.18 bits per heavy atom. The van der Waals surface area contributed by atoms with Gasteiger partial charge in [0.25, 0.3) is 5.91 Å². The van der Waals surface area contributed by atoms with E-state index in [0.717, 1.165) is 11.6 Å². The predicted octanol–water partition coefficient (Wildman–Crippen LogP) is 3.14. The number of amides is 1. The van der Waals surface area contributed by atoms with Gasteiger partial charge in [-0.3, -0.25) is 9.79 Å². The highest BCUT2D eigenvalue weighted by Crippen LogP contribution is 2.17. The van der Waals surface area contributed by atoms with Crippen molar-refractivity contribution in [2.24, 2.45) is 4.99 Å². The second-order valence-electron chi connectivity index (χ2n) is 6.68. The molecule has 0 saturated carbocycles. The number of rotatable bonds is 6. The third-order valence-electron chi connectivity index (χ3n) is 4.29. The van der Waals surface area contributed by atoms with Gasteiger partial charge >= 0.3 is 0 Å². The van der Waals surface area contributed by atoms with Crippen LogP contribution in [-0.4, -0.2) is 44.5 Å². The number of nitrogens with one attached hydrogen (secondary N) is 2. The van der Waals surface area contributed by atoms with Crippen LogP contribution in [0.15, 0.2) is 47.5 Å². The highest BCUT2D eigenvalue weighted by Gasteiger charge is 2.13. The number of aliphatic imine (C=N–C) groups is 1. The molecular weight excluding hydrogens is 362 g/mol. The van der Waals surface area contributed by atoms with Crippen molar-refractivity contribution in [2.75, 3.05) is 27.7 Å². The minimum absolute atomic E-state index is 0.0394. The van der Waals surface area contributed by atoms with E-state index in [4.69, 9.17) is 0 Å². The Morgan fingerprint density at radius 2 is 1.93 bits per heavy atom. The molecule has 2 aromatic carbocycles. The molecule has 150 valence electrons. The number of guanidine groups is 1. The molecule has 2 rings (SSSR count). The summed E-state index contributed by atoms with van der Waals surface area (Å²) < 4.78 is 27.0. The van der Waals surface area contributed by atoms with Gasteiger partial charge in [0.1, 0.15) is 11.6 Å². The molecule has 0 heterocycles. The fraction of sp³-hybridized carbons (Fsp3) is 0.333. The Bertz CT molecular complexity index is 852. The smallest absolute Gasteiger partial charge is 0.253 e. The minimum atomic E-state index is -0.606. The summed E-state index contributed by atoms with van der Waals surface area (Å²) in [5, 5.41) is 6.26. The fourth-order valence-corrected chi connectivity index (χ4v) is 2.77. The molecule has 0 fully saturated rings. The summed E-state index contributed by atoms with van der Waals surface area (Å²) in [7, 11) is 5.06. The largest absolute Gasteiger partial charge is 0.356 e. The van der Waals surface area contributed by atoms with Gasteiger partial charge < -0.3 is 15.5 Å². The van der Waals surface area contributed by atoms with Crippen LogP contribution < -0.4 is 10.6 Å². The van der Waals surface area contributed by atoms with Crippen molar-refractivity contribution in [3.8, 4) is 0 Å². The SMILES string of the molecule is CN=C(NCCc1cccc(C(=O)N(C)C)c1)NC(C)c1ccc(F)cc1F. The van der Waals surface area contributed by atoms with Crippen LogP contribution in [0.25, 0.3) is 0 Å². The van der Waals surface area contributed by atoms with E-state index in [1.807, 2.05) is 18.2 Å². The molecule has 0 aliphatic carbocycles. The van der Waals surface area contributed by atoms with E-state index in [2.05, 4.69) is 15.6 Å². The van der Waals surface area contributed by atoms with Crippen molar-refractivity contribution in [3.05, 3.63) is 70.8 Å². The number of nitrogens with zero attached hydrogens (tertiary/aromatic N) is 2. The third-order valence-corrected chi connectivity index (χ3v) is 4.29. The van der Waals surface area contributed by atoms with Crippen LogP contribution in [0.2, 0.25) is 0 Å². The molecule has 1 atom stereocenters. The first kappa shape index (κ1) is 21.3. The van der Waals surface area contributed by atoms with E-state index >= 15 is 0 Å². The first-order chi connectivity index (χ1) is 13.3. The standard InChI is InChI=1S/C21H26F2N4O/c1-14(18-9-8-17(22)13-19(18)23)26-21(24-2)25-11-10-15-6-5-7-16(12-15)20(28)27(3)4/h5-9,12-14H,10-11H2,1-4H3,(H2,24,25,26). The Hall–Kier alpha value is -2.96. The lowest BCUT2D eigenvalue weighted by molar-refractivity contribution is 0.0827. The molecule has 0 aliphatic heterocycles. The fourth-order valence-electron chi connectivity index (χ4n) is 2.77. The van der Waals surface area contributed by atoms with Crippen LogP contribution in [0.4, 0.5) is 8.78 Å². The number of carbonyl (C=O) groups is 1.